The van der Waals surface area contributed by atoms with E-state index >= 15 is 0 Å². The summed E-state index contributed by atoms with van der Waals surface area (Å²) in [6, 6.07) is 27.3. The highest BCUT2D eigenvalue weighted by Gasteiger charge is 2.50. The molecule has 2 atom stereocenters. The van der Waals surface area contributed by atoms with Crippen molar-refractivity contribution in [3.8, 4) is 5.75 Å². The highest BCUT2D eigenvalue weighted by Crippen LogP contribution is 2.38. The highest BCUT2D eigenvalue weighted by molar-refractivity contribution is 14.1. The highest BCUT2D eigenvalue weighted by atomic mass is 127. The van der Waals surface area contributed by atoms with Crippen molar-refractivity contribution in [2.24, 2.45) is 0 Å². The van der Waals surface area contributed by atoms with Gasteiger partial charge < -0.3 is 28.9 Å². The Balaban J connectivity index is 1.33. The number of fused-ring (bicyclic) bond motifs is 1. The molecule has 2 aromatic heterocycles. The van der Waals surface area contributed by atoms with E-state index in [0.717, 1.165) is 36.8 Å². The van der Waals surface area contributed by atoms with Gasteiger partial charge in [-0.3, -0.25) is 10.00 Å². The summed E-state index contributed by atoms with van der Waals surface area (Å²) < 4.78 is 26.5. The monoisotopic (exact) mass is 961 g/mol. The van der Waals surface area contributed by atoms with Gasteiger partial charge in [-0.05, 0) is 96.1 Å². The van der Waals surface area contributed by atoms with Gasteiger partial charge in [0.2, 0.25) is 5.95 Å². The molecule has 0 aliphatic carbocycles. The van der Waals surface area contributed by atoms with Crippen LogP contribution >= 0.6 is 22.6 Å². The number of methoxy groups -OCH3 is 2. The number of nitrogens with one attached hydrogen (secondary N) is 2. The van der Waals surface area contributed by atoms with Gasteiger partial charge in [-0.25, -0.2) is 14.6 Å². The molecule has 0 bridgehead atoms. The quantitative estimate of drug-likeness (QED) is 0.0771. The number of ether oxygens (including phenoxy) is 3. The van der Waals surface area contributed by atoms with E-state index in [2.05, 4.69) is 128 Å². The minimum Gasteiger partial charge on any atom is -0.496 e. The van der Waals surface area contributed by atoms with Crippen LogP contribution in [0.1, 0.15) is 97.7 Å². The van der Waals surface area contributed by atoms with Crippen molar-refractivity contribution in [3.63, 3.8) is 0 Å². The molecule has 5 aromatic rings. The molecule has 1 aliphatic heterocycles. The van der Waals surface area contributed by atoms with E-state index in [-0.39, 0.29) is 29.2 Å². The number of anilines is 2. The van der Waals surface area contributed by atoms with Crippen LogP contribution in [0.15, 0.2) is 78.9 Å². The first-order valence-corrected chi connectivity index (χ1v) is 24.0. The largest absolute Gasteiger partial charge is 0.496 e. The second kappa shape index (κ2) is 19.5. The van der Waals surface area contributed by atoms with Gasteiger partial charge >= 0.3 is 12.2 Å². The number of carbonyl (C=O) groups is 2. The first-order chi connectivity index (χ1) is 29.1. The van der Waals surface area contributed by atoms with E-state index in [1.807, 2.05) is 42.5 Å². The number of hydrogen-bond acceptors (Lipinski definition) is 10. The van der Waals surface area contributed by atoms with Crippen LogP contribution in [-0.2, 0) is 20.4 Å². The van der Waals surface area contributed by atoms with Crippen LogP contribution < -0.4 is 25.7 Å². The third-order valence-corrected chi connectivity index (χ3v) is 16.8. The Morgan fingerprint density at radius 1 is 0.934 bits per heavy atom. The minimum absolute atomic E-state index is 0.0403. The smallest absolute Gasteiger partial charge is 0.413 e. The first kappa shape index (κ1) is 45.8. The molecule has 1 unspecified atom stereocenters. The lowest BCUT2D eigenvalue weighted by atomic mass is 10.0. The molecular formula is C46H60IN7O6Si. The molecule has 326 valence electrons. The Labute approximate surface area is 374 Å². The zero-order valence-corrected chi connectivity index (χ0v) is 40.0. The Morgan fingerprint density at radius 2 is 1.61 bits per heavy atom. The number of amides is 2. The van der Waals surface area contributed by atoms with E-state index in [4.69, 9.17) is 33.7 Å². The van der Waals surface area contributed by atoms with Gasteiger partial charge in [0.15, 0.2) is 5.82 Å². The lowest BCUT2D eigenvalue weighted by Crippen LogP contribution is -2.66. The topological polar surface area (TPSA) is 142 Å². The molecule has 13 nitrogen and oxygen atoms in total. The van der Waals surface area contributed by atoms with Crippen LogP contribution in [0.3, 0.4) is 0 Å². The average Bonchev–Trinajstić information content (AvgIpc) is 3.84. The summed E-state index contributed by atoms with van der Waals surface area (Å²) in [5, 5.41) is 13.7. The van der Waals surface area contributed by atoms with Gasteiger partial charge in [0.25, 0.3) is 8.32 Å². The average molecular weight is 962 g/mol. The molecule has 1 aliphatic rings. The molecule has 2 amide bonds. The third kappa shape index (κ3) is 10.5. The minimum atomic E-state index is -2.76. The number of carbonyl (C=O) groups excluding carboxylic acids is 2. The predicted molar refractivity (Wildman–Crippen MR) is 252 cm³/mol. The predicted octanol–water partition coefficient (Wildman–Crippen LogP) is 9.29. The standard InChI is InChI=1S/C46H60IN7O6Si/c1-10-18-33(26-28-59-61(46(5,6)7,34-19-13-11-14-20-34)35-21-15-12-16-22-35)48-41-39-38(49-42(50-41)51-43(55)58-9)40(47)52-54(39)30-32-25-24-31(29-37(32)57-8)36-23-17-27-53(36)44(56)60-45(2,3)4/h11-16,19-22,24-25,29,33,36H,10,17-18,23,26-28,30H2,1-9H3,(H2,48,49,50,51,55)/t33-,36?/m0/s1. The van der Waals surface area contributed by atoms with Gasteiger partial charge in [-0.2, -0.15) is 10.1 Å². The van der Waals surface area contributed by atoms with Crippen molar-refractivity contribution in [1.29, 1.82) is 0 Å². The SMILES string of the molecule is CCC[C@@H](CCO[Si](c1ccccc1)(c1ccccc1)C(C)(C)C)Nc1nc(NC(=O)OC)nc2c(I)nn(Cc3ccc(C4CCCN4C(=O)OC(C)(C)C)cc3OC)c12. The lowest BCUT2D eigenvalue weighted by Gasteiger charge is -2.43. The molecule has 0 radical (unpaired) electrons. The number of halogens is 1. The maximum absolute atomic E-state index is 13.2. The van der Waals surface area contributed by atoms with Crippen molar-refractivity contribution < 1.29 is 28.2 Å². The third-order valence-electron chi connectivity index (χ3n) is 11.0. The Hall–Kier alpha value is -4.74. The molecule has 2 N–H and O–H groups in total. The Kier molecular flexibility index (Phi) is 14.7. The van der Waals surface area contributed by atoms with Crippen LogP contribution in [0.5, 0.6) is 5.75 Å². The maximum atomic E-state index is 13.2. The molecule has 61 heavy (non-hydrogen) atoms. The summed E-state index contributed by atoms with van der Waals surface area (Å²) in [5.74, 6) is 1.31. The Morgan fingerprint density at radius 3 is 2.20 bits per heavy atom. The van der Waals surface area contributed by atoms with E-state index in [1.54, 1.807) is 7.11 Å². The van der Waals surface area contributed by atoms with Crippen molar-refractivity contribution in [3.05, 3.63) is 93.7 Å². The van der Waals surface area contributed by atoms with Crippen LogP contribution in [0.25, 0.3) is 11.0 Å². The number of hydrogen-bond donors (Lipinski definition) is 2. The molecule has 15 heteroatoms. The summed E-state index contributed by atoms with van der Waals surface area (Å²) >= 11 is 2.17. The van der Waals surface area contributed by atoms with Gasteiger partial charge in [0, 0.05) is 24.8 Å². The van der Waals surface area contributed by atoms with Crippen LogP contribution in [0, 0.1) is 3.70 Å². The summed E-state index contributed by atoms with van der Waals surface area (Å²) in [6.45, 7) is 16.2. The van der Waals surface area contributed by atoms with Crippen LogP contribution in [0.2, 0.25) is 5.04 Å². The van der Waals surface area contributed by atoms with Gasteiger partial charge in [0.1, 0.15) is 26.1 Å². The van der Waals surface area contributed by atoms with Crippen LogP contribution in [0.4, 0.5) is 21.4 Å². The summed E-state index contributed by atoms with van der Waals surface area (Å²) in [5.41, 5.74) is 2.55. The maximum Gasteiger partial charge on any atom is 0.413 e. The molecule has 0 spiro atoms. The zero-order chi connectivity index (χ0) is 44.0. The van der Waals surface area contributed by atoms with Gasteiger partial charge in [0.05, 0.1) is 26.8 Å². The number of benzene rings is 3. The normalized spacial score (nSPS) is 15.1. The molecule has 1 saturated heterocycles. The lowest BCUT2D eigenvalue weighted by molar-refractivity contribution is 0.0224. The molecule has 3 heterocycles. The number of rotatable bonds is 15. The van der Waals surface area contributed by atoms with Crippen molar-refractivity contribution in [2.75, 3.05) is 38.0 Å². The van der Waals surface area contributed by atoms with Crippen molar-refractivity contribution in [2.45, 2.75) is 110 Å². The number of nitrogens with zero attached hydrogens (tertiary/aromatic N) is 5. The second-order valence-electron chi connectivity index (χ2n) is 17.5. The zero-order valence-electron chi connectivity index (χ0n) is 36.9. The molecular weight excluding hydrogens is 902 g/mol. The summed E-state index contributed by atoms with van der Waals surface area (Å²) in [6.07, 6.45) is 3.20. The molecule has 1 fully saturated rings. The molecule has 0 saturated carbocycles. The van der Waals surface area contributed by atoms with Crippen molar-refractivity contribution in [1.82, 2.24) is 24.6 Å². The van der Waals surface area contributed by atoms with E-state index in [1.165, 1.54) is 17.5 Å². The number of aromatic nitrogens is 4. The number of likely N-dealkylation sites (tertiary alicyclic amines) is 1. The fraction of sp³-hybridized carbons (Fsp3) is 0.457. The Bertz CT molecular complexity index is 2240. The van der Waals surface area contributed by atoms with E-state index in [9.17, 15) is 9.59 Å². The summed E-state index contributed by atoms with van der Waals surface area (Å²) in [7, 11) is 0.192. The van der Waals surface area contributed by atoms with Crippen molar-refractivity contribution >= 4 is 76.3 Å². The van der Waals surface area contributed by atoms with E-state index < -0.39 is 20.0 Å². The summed E-state index contributed by atoms with van der Waals surface area (Å²) in [4.78, 5) is 37.0. The fourth-order valence-corrected chi connectivity index (χ4v) is 13.5. The fourth-order valence-electron chi connectivity index (χ4n) is 8.32. The first-order valence-electron chi connectivity index (χ1n) is 21.1. The second-order valence-corrected chi connectivity index (χ2v) is 22.8. The molecule has 6 rings (SSSR count). The van der Waals surface area contributed by atoms with Crippen LogP contribution in [-0.4, -0.2) is 84.2 Å². The van der Waals surface area contributed by atoms with Gasteiger partial charge in [-0.1, -0.05) is 107 Å². The van der Waals surface area contributed by atoms with E-state index in [0.29, 0.717) is 52.4 Å². The molecule has 3 aromatic carbocycles. The van der Waals surface area contributed by atoms with Gasteiger partial charge in [-0.15, -0.1) is 0 Å².